The average molecular weight is 910 g/mol. The summed E-state index contributed by atoms with van der Waals surface area (Å²) in [6, 6.07) is 8.63. The number of pyridine rings is 1. The maximum atomic E-state index is 14.8. The van der Waals surface area contributed by atoms with Gasteiger partial charge in [0.05, 0.1) is 47.4 Å². The van der Waals surface area contributed by atoms with Crippen molar-refractivity contribution in [2.24, 2.45) is 17.3 Å². The number of carbonyl (C=O) groups is 4. The van der Waals surface area contributed by atoms with Crippen LogP contribution < -0.4 is 10.7 Å². The van der Waals surface area contributed by atoms with Gasteiger partial charge in [0, 0.05) is 86.9 Å². The third-order valence-corrected chi connectivity index (χ3v) is 15.0. The van der Waals surface area contributed by atoms with Crippen molar-refractivity contribution < 1.29 is 28.7 Å². The van der Waals surface area contributed by atoms with Gasteiger partial charge in [0.25, 0.3) is 5.91 Å². The van der Waals surface area contributed by atoms with Gasteiger partial charge in [-0.25, -0.2) is 15.2 Å². The molecule has 3 fully saturated rings. The van der Waals surface area contributed by atoms with Gasteiger partial charge in [-0.15, -0.1) is 11.3 Å². The maximum Gasteiger partial charge on any atom is 0.320 e. The van der Waals surface area contributed by atoms with Crippen molar-refractivity contribution in [3.8, 4) is 22.5 Å². The van der Waals surface area contributed by atoms with Gasteiger partial charge in [0.15, 0.2) is 0 Å². The number of likely N-dealkylation sites (tertiary alicyclic amines) is 2. The van der Waals surface area contributed by atoms with Crippen LogP contribution in [0.4, 0.5) is 4.79 Å². The SMILES string of the molecule is CCn1c(-c2cccnc2[C@H](C)OC)c2c3cc(ccc31)-c1csc(n1)C[C@H](NC(=O)[C@H](C(C)C)N(C)C(=O)N1CC[C@H]3CN(C)C[C@H]31)C(=O)N1CCC[C@](C=O)(COCC(C)(C)C2)N1. The van der Waals surface area contributed by atoms with E-state index in [1.807, 2.05) is 43.3 Å². The summed E-state index contributed by atoms with van der Waals surface area (Å²) in [5.41, 5.74) is 8.63. The lowest BCUT2D eigenvalue weighted by molar-refractivity contribution is -0.147. The summed E-state index contributed by atoms with van der Waals surface area (Å²) in [6.45, 7) is 16.3. The molecule has 15 nitrogen and oxygen atoms in total. The zero-order chi connectivity index (χ0) is 46.4. The highest BCUT2D eigenvalue weighted by atomic mass is 32.1. The molecular formula is C49H67N9O6S. The quantitative estimate of drug-likeness (QED) is 0.193. The van der Waals surface area contributed by atoms with Crippen LogP contribution in [0.3, 0.4) is 0 Å². The van der Waals surface area contributed by atoms with E-state index >= 15 is 0 Å². The lowest BCUT2D eigenvalue weighted by Gasteiger charge is -2.42. The number of amides is 4. The predicted molar refractivity (Wildman–Crippen MR) is 252 cm³/mol. The molecule has 1 aromatic carbocycles. The molecule has 4 amide bonds. The van der Waals surface area contributed by atoms with Crippen molar-refractivity contribution in [1.29, 1.82) is 0 Å². The Morgan fingerprint density at radius 3 is 2.69 bits per heavy atom. The molecule has 3 aromatic heterocycles. The Bertz CT molecular complexity index is 2410. The van der Waals surface area contributed by atoms with E-state index in [9.17, 15) is 19.2 Å². The molecule has 0 unspecified atom stereocenters. The van der Waals surface area contributed by atoms with Crippen LogP contribution in [0.25, 0.3) is 33.4 Å². The van der Waals surface area contributed by atoms with Crippen LogP contribution in [0.15, 0.2) is 41.9 Å². The summed E-state index contributed by atoms with van der Waals surface area (Å²) in [6.07, 6.45) is 5.17. The Morgan fingerprint density at radius 1 is 1.15 bits per heavy atom. The number of aromatic nitrogens is 3. The molecule has 2 N–H and O–H groups in total. The monoisotopic (exact) mass is 909 g/mol. The molecule has 4 aromatic rings. The number of nitrogens with one attached hydrogen (secondary N) is 2. The first kappa shape index (κ1) is 46.8. The van der Waals surface area contributed by atoms with Gasteiger partial charge in [-0.1, -0.05) is 33.8 Å². The minimum atomic E-state index is -1.16. The number of carbonyl (C=O) groups excluding carboxylic acids is 4. The first-order chi connectivity index (χ1) is 31.1. The molecule has 7 heterocycles. The standard InChI is InChI=1S/C49H67N9O6S/c1-10-56-39-15-14-32-21-35(39)36(44(56)34-13-11-18-50-42(34)31(4)63-9)23-48(5,6)28-64-29-49(27-59)17-12-19-58(53-49)46(61)37(22-41-51-38(32)26-65-41)52-45(60)43(30(2)3)55(8)47(62)57-20-16-33-24-54(7)25-40(33)57/h11,13-15,18,21,26-27,30-31,33,37,40,43,53H,10,12,16-17,19-20,22-25,28-29H2,1-9H3,(H,52,60)/t31-,33-,37-,40+,43-,49-/m0/s1. The van der Waals surface area contributed by atoms with Crippen molar-refractivity contribution in [3.63, 3.8) is 0 Å². The third kappa shape index (κ3) is 9.21. The number of hydrazine groups is 1. The molecule has 6 bridgehead atoms. The van der Waals surface area contributed by atoms with Crippen LogP contribution in [0.1, 0.15) is 83.2 Å². The second kappa shape index (κ2) is 18.9. The highest BCUT2D eigenvalue weighted by Crippen LogP contribution is 2.42. The van der Waals surface area contributed by atoms with Crippen molar-refractivity contribution in [2.75, 3.05) is 60.6 Å². The fourth-order valence-electron chi connectivity index (χ4n) is 10.8. The number of nitrogens with zero attached hydrogens (tertiary/aromatic N) is 7. The van der Waals surface area contributed by atoms with E-state index in [0.29, 0.717) is 49.9 Å². The zero-order valence-electron chi connectivity index (χ0n) is 39.6. The average Bonchev–Trinajstić information content (AvgIpc) is 4.07. The molecule has 16 heteroatoms. The summed E-state index contributed by atoms with van der Waals surface area (Å²) in [7, 11) is 5.48. The number of methoxy groups -OCH3 is 1. The number of ether oxygens (including phenoxy) is 2. The molecule has 65 heavy (non-hydrogen) atoms. The molecule has 6 atom stereocenters. The van der Waals surface area contributed by atoms with Gasteiger partial charge >= 0.3 is 6.03 Å². The van der Waals surface area contributed by atoms with Crippen LogP contribution in [-0.4, -0.2) is 143 Å². The highest BCUT2D eigenvalue weighted by Gasteiger charge is 2.46. The smallest absolute Gasteiger partial charge is 0.320 e. The molecule has 3 saturated heterocycles. The summed E-state index contributed by atoms with van der Waals surface area (Å²) < 4.78 is 14.7. The van der Waals surface area contributed by atoms with Gasteiger partial charge in [0.2, 0.25) is 5.91 Å². The van der Waals surface area contributed by atoms with E-state index in [1.165, 1.54) is 16.3 Å². The van der Waals surface area contributed by atoms with Crippen LogP contribution >= 0.6 is 11.3 Å². The number of fused-ring (bicyclic) bond motifs is 7. The fraction of sp³-hybridized carbons (Fsp3) is 0.592. The van der Waals surface area contributed by atoms with Gasteiger partial charge in [-0.2, -0.15) is 0 Å². The second-order valence-corrected chi connectivity index (χ2v) is 20.9. The summed E-state index contributed by atoms with van der Waals surface area (Å²) in [5, 5.41) is 8.35. The van der Waals surface area contributed by atoms with E-state index < -0.39 is 23.5 Å². The minimum Gasteiger partial charge on any atom is -0.378 e. The predicted octanol–water partition coefficient (Wildman–Crippen LogP) is 5.96. The Kier molecular flexibility index (Phi) is 13.6. The Balaban J connectivity index is 1.18. The van der Waals surface area contributed by atoms with Crippen LogP contribution in [0.5, 0.6) is 0 Å². The molecule has 0 aliphatic carbocycles. The zero-order valence-corrected chi connectivity index (χ0v) is 40.4. The lowest BCUT2D eigenvalue weighted by atomic mass is 9.84. The Morgan fingerprint density at radius 2 is 1.95 bits per heavy atom. The molecule has 4 aliphatic rings. The Labute approximate surface area is 387 Å². The summed E-state index contributed by atoms with van der Waals surface area (Å²) >= 11 is 1.44. The van der Waals surface area contributed by atoms with E-state index in [2.05, 4.69) is 72.3 Å². The summed E-state index contributed by atoms with van der Waals surface area (Å²) in [4.78, 5) is 72.3. The largest absolute Gasteiger partial charge is 0.378 e. The fourth-order valence-corrected chi connectivity index (χ4v) is 11.7. The number of aryl methyl sites for hydroxylation is 1. The number of hydrogen-bond acceptors (Lipinski definition) is 11. The number of aldehydes is 1. The van der Waals surface area contributed by atoms with E-state index in [4.69, 9.17) is 19.4 Å². The van der Waals surface area contributed by atoms with Crippen molar-refractivity contribution in [2.45, 2.75) is 110 Å². The summed E-state index contributed by atoms with van der Waals surface area (Å²) in [5.74, 6) is -0.620. The highest BCUT2D eigenvalue weighted by molar-refractivity contribution is 7.10. The molecule has 0 spiro atoms. The molecule has 350 valence electrons. The Hall–Kier alpha value is -4.74. The number of hydrogen-bond donors (Lipinski definition) is 2. The minimum absolute atomic E-state index is 0.0544. The van der Waals surface area contributed by atoms with Gasteiger partial charge in [0.1, 0.15) is 23.9 Å². The second-order valence-electron chi connectivity index (χ2n) is 19.9. The van der Waals surface area contributed by atoms with E-state index in [1.54, 1.807) is 19.1 Å². The number of urea groups is 1. The first-order valence-corrected chi connectivity index (χ1v) is 24.2. The van der Waals surface area contributed by atoms with Gasteiger partial charge in [-0.3, -0.25) is 19.6 Å². The molecular weight excluding hydrogens is 843 g/mol. The molecule has 8 rings (SSSR count). The third-order valence-electron chi connectivity index (χ3n) is 14.1. The number of benzene rings is 1. The molecule has 4 aliphatic heterocycles. The van der Waals surface area contributed by atoms with Crippen molar-refractivity contribution in [3.05, 3.63) is 58.2 Å². The van der Waals surface area contributed by atoms with Gasteiger partial charge in [-0.05, 0) is 93.7 Å². The topological polar surface area (TPSA) is 154 Å². The van der Waals surface area contributed by atoms with E-state index in [-0.39, 0.29) is 48.4 Å². The van der Waals surface area contributed by atoms with Crippen LogP contribution in [-0.2, 0) is 43.2 Å². The van der Waals surface area contributed by atoms with Crippen molar-refractivity contribution >= 4 is 46.4 Å². The molecule has 0 saturated carbocycles. The van der Waals surface area contributed by atoms with Crippen molar-refractivity contribution in [1.82, 2.24) is 45.0 Å². The van der Waals surface area contributed by atoms with Crippen LogP contribution in [0, 0.1) is 17.3 Å². The number of thiazole rings is 1. The maximum absolute atomic E-state index is 14.8. The molecule has 0 radical (unpaired) electrons. The van der Waals surface area contributed by atoms with Crippen LogP contribution in [0.2, 0.25) is 0 Å². The van der Waals surface area contributed by atoms with E-state index in [0.717, 1.165) is 77.0 Å². The normalized spacial score (nSPS) is 24.8. The van der Waals surface area contributed by atoms with Gasteiger partial charge < -0.3 is 38.9 Å². The first-order valence-electron chi connectivity index (χ1n) is 23.3. The number of likely N-dealkylation sites (N-methyl/N-ethyl adjacent to an activating group) is 2. The number of rotatable bonds is 9. The lowest BCUT2D eigenvalue weighted by Crippen LogP contribution is -2.66.